The van der Waals surface area contributed by atoms with Crippen molar-refractivity contribution in [2.75, 3.05) is 52.8 Å². The van der Waals surface area contributed by atoms with Crippen molar-refractivity contribution >= 4 is 18.0 Å². The van der Waals surface area contributed by atoms with Crippen LogP contribution in [0.4, 0.5) is 4.79 Å². The van der Waals surface area contributed by atoms with E-state index in [0.717, 1.165) is 0 Å². The molecule has 1 amide bonds. The molecule has 0 unspecified atom stereocenters. The van der Waals surface area contributed by atoms with Crippen LogP contribution in [0.3, 0.4) is 0 Å². The minimum atomic E-state index is -0.664. The molecule has 0 aliphatic heterocycles. The molecule has 0 atom stereocenters. The fraction of sp³-hybridized carbons (Fsp3) is 0.636. The summed E-state index contributed by atoms with van der Waals surface area (Å²) in [6, 6.07) is 2.78. The van der Waals surface area contributed by atoms with Gasteiger partial charge in [0.25, 0.3) is 0 Å². The van der Waals surface area contributed by atoms with Gasteiger partial charge in [0, 0.05) is 18.7 Å². The van der Waals surface area contributed by atoms with Gasteiger partial charge in [-0.2, -0.15) is 0 Å². The lowest BCUT2D eigenvalue weighted by Crippen LogP contribution is -2.34. The summed E-state index contributed by atoms with van der Waals surface area (Å²) in [6.07, 6.45) is -0.493. The molecule has 0 aromatic carbocycles. The molecule has 1 rings (SSSR count). The molecule has 0 bridgehead atoms. The third-order valence-electron chi connectivity index (χ3n) is 3.55. The summed E-state index contributed by atoms with van der Waals surface area (Å²) in [5, 5.41) is 2.59. The first-order chi connectivity index (χ1) is 15.7. The van der Waals surface area contributed by atoms with E-state index < -0.39 is 23.6 Å². The highest BCUT2D eigenvalue weighted by Gasteiger charge is 2.17. The molecular formula is C22H34N2O9. The van der Waals surface area contributed by atoms with E-state index in [0.29, 0.717) is 26.4 Å². The summed E-state index contributed by atoms with van der Waals surface area (Å²) >= 11 is 0. The second kappa shape index (κ2) is 15.0. The Kier molecular flexibility index (Phi) is 12.8. The molecule has 1 aromatic heterocycles. The molecule has 0 spiro atoms. The summed E-state index contributed by atoms with van der Waals surface area (Å²) in [5.74, 6) is -1.06. The van der Waals surface area contributed by atoms with Gasteiger partial charge >= 0.3 is 18.0 Å². The van der Waals surface area contributed by atoms with Crippen LogP contribution in [0.1, 0.15) is 55.6 Å². The molecule has 0 saturated heterocycles. The van der Waals surface area contributed by atoms with Gasteiger partial charge in [-0.25, -0.2) is 19.4 Å². The van der Waals surface area contributed by atoms with Gasteiger partial charge in [-0.1, -0.05) is 0 Å². The van der Waals surface area contributed by atoms with E-state index in [1.165, 1.54) is 12.1 Å². The van der Waals surface area contributed by atoms with Gasteiger partial charge in [-0.3, -0.25) is 0 Å². The summed E-state index contributed by atoms with van der Waals surface area (Å²) in [5.41, 5.74) is -0.642. The van der Waals surface area contributed by atoms with Crippen LogP contribution in [-0.2, 0) is 23.7 Å². The fourth-order valence-electron chi connectivity index (χ4n) is 2.29. The first-order valence-electron chi connectivity index (χ1n) is 10.8. The minimum Gasteiger partial charge on any atom is -0.491 e. The van der Waals surface area contributed by atoms with Crippen molar-refractivity contribution in [1.82, 2.24) is 10.3 Å². The Morgan fingerprint density at radius 3 is 1.88 bits per heavy atom. The van der Waals surface area contributed by atoms with E-state index in [2.05, 4.69) is 10.3 Å². The molecule has 186 valence electrons. The monoisotopic (exact) mass is 470 g/mol. The summed E-state index contributed by atoms with van der Waals surface area (Å²) < 4.78 is 31.3. The zero-order valence-corrected chi connectivity index (χ0v) is 19.9. The fourth-order valence-corrected chi connectivity index (χ4v) is 2.29. The van der Waals surface area contributed by atoms with Crippen molar-refractivity contribution in [2.45, 2.75) is 40.2 Å². The lowest BCUT2D eigenvalue weighted by molar-refractivity contribution is 0.0327. The average Bonchev–Trinajstić information content (AvgIpc) is 2.74. The van der Waals surface area contributed by atoms with Crippen LogP contribution in [0.15, 0.2) is 12.1 Å². The van der Waals surface area contributed by atoms with Gasteiger partial charge in [-0.15, -0.1) is 0 Å². The maximum atomic E-state index is 12.0. The zero-order valence-electron chi connectivity index (χ0n) is 19.9. The molecule has 0 saturated carbocycles. The van der Waals surface area contributed by atoms with Crippen molar-refractivity contribution in [3.63, 3.8) is 0 Å². The van der Waals surface area contributed by atoms with E-state index in [1.54, 1.807) is 34.6 Å². The second-order valence-electron chi connectivity index (χ2n) is 7.52. The highest BCUT2D eigenvalue weighted by Crippen LogP contribution is 2.16. The van der Waals surface area contributed by atoms with Crippen LogP contribution < -0.4 is 10.1 Å². The van der Waals surface area contributed by atoms with Crippen LogP contribution in [0.25, 0.3) is 0 Å². The van der Waals surface area contributed by atoms with Crippen molar-refractivity contribution in [3.05, 3.63) is 23.5 Å². The van der Waals surface area contributed by atoms with Gasteiger partial charge in [0.05, 0.1) is 39.6 Å². The third kappa shape index (κ3) is 12.6. The number of hydrogen-bond donors (Lipinski definition) is 1. The number of pyridine rings is 1. The zero-order chi connectivity index (χ0) is 24.7. The number of carbonyl (C=O) groups excluding carboxylic acids is 3. The van der Waals surface area contributed by atoms with Crippen LogP contribution in [-0.4, -0.2) is 81.4 Å². The lowest BCUT2D eigenvalue weighted by Gasteiger charge is -2.19. The first-order valence-corrected chi connectivity index (χ1v) is 10.8. The Hall–Kier alpha value is -2.92. The molecule has 11 heteroatoms. The quantitative estimate of drug-likeness (QED) is 0.245. The molecule has 0 radical (unpaired) electrons. The van der Waals surface area contributed by atoms with Crippen molar-refractivity contribution in [1.29, 1.82) is 0 Å². The number of hydrogen-bond acceptors (Lipinski definition) is 10. The van der Waals surface area contributed by atoms with E-state index in [4.69, 9.17) is 28.4 Å². The Morgan fingerprint density at radius 1 is 0.848 bits per heavy atom. The van der Waals surface area contributed by atoms with E-state index in [9.17, 15) is 14.4 Å². The molecule has 0 aliphatic carbocycles. The van der Waals surface area contributed by atoms with Crippen LogP contribution in [0.5, 0.6) is 5.75 Å². The maximum Gasteiger partial charge on any atom is 0.407 e. The number of alkyl carbamates (subject to hydrolysis) is 1. The molecule has 1 heterocycles. The molecule has 11 nitrogen and oxygen atoms in total. The average molecular weight is 471 g/mol. The van der Waals surface area contributed by atoms with Gasteiger partial charge in [0.2, 0.25) is 0 Å². The third-order valence-corrected chi connectivity index (χ3v) is 3.55. The molecular weight excluding hydrogens is 436 g/mol. The number of amides is 1. The minimum absolute atomic E-state index is 0.0493. The number of nitrogens with one attached hydrogen (secondary N) is 1. The number of carbonyl (C=O) groups is 3. The lowest BCUT2D eigenvalue weighted by atomic mass is 10.2. The molecule has 33 heavy (non-hydrogen) atoms. The normalized spacial score (nSPS) is 10.9. The van der Waals surface area contributed by atoms with Crippen LogP contribution >= 0.6 is 0 Å². The van der Waals surface area contributed by atoms with Crippen LogP contribution in [0, 0.1) is 0 Å². The number of nitrogens with zero attached hydrogens (tertiary/aromatic N) is 1. The SMILES string of the molecule is CCOC(=O)c1cc(OCCOCCOCCNC(=O)OC(C)(C)C)cc(C(=O)OCC)n1. The van der Waals surface area contributed by atoms with Gasteiger partial charge in [0.15, 0.2) is 11.4 Å². The summed E-state index contributed by atoms with van der Waals surface area (Å²) in [7, 11) is 0. The van der Waals surface area contributed by atoms with E-state index in [1.807, 2.05) is 0 Å². The predicted molar refractivity (Wildman–Crippen MR) is 118 cm³/mol. The predicted octanol–water partition coefficient (Wildman–Crippen LogP) is 2.37. The molecule has 0 aliphatic rings. The Balaban J connectivity index is 2.32. The second-order valence-corrected chi connectivity index (χ2v) is 7.52. The van der Waals surface area contributed by atoms with Crippen molar-refractivity contribution < 1.29 is 42.8 Å². The first kappa shape index (κ1) is 28.1. The highest BCUT2D eigenvalue weighted by molar-refractivity contribution is 5.92. The van der Waals surface area contributed by atoms with E-state index >= 15 is 0 Å². The van der Waals surface area contributed by atoms with Crippen molar-refractivity contribution in [2.24, 2.45) is 0 Å². The Morgan fingerprint density at radius 2 is 1.36 bits per heavy atom. The van der Waals surface area contributed by atoms with Crippen molar-refractivity contribution in [3.8, 4) is 5.75 Å². The van der Waals surface area contributed by atoms with Crippen LogP contribution in [0.2, 0.25) is 0 Å². The number of ether oxygens (including phenoxy) is 6. The maximum absolute atomic E-state index is 12.0. The largest absolute Gasteiger partial charge is 0.491 e. The number of rotatable bonds is 14. The standard InChI is InChI=1S/C22H34N2O9/c1-6-30-19(25)17-14-16(15-18(24-17)20(26)31-7-2)32-13-12-29-11-10-28-9-8-23-21(27)33-22(3,4)5/h14-15H,6-13H2,1-5H3,(H,23,27). The number of aromatic nitrogens is 1. The summed E-state index contributed by atoms with van der Waals surface area (Å²) in [6.45, 7) is 10.8. The van der Waals surface area contributed by atoms with Gasteiger partial charge < -0.3 is 33.7 Å². The number of esters is 2. The van der Waals surface area contributed by atoms with Gasteiger partial charge in [-0.05, 0) is 34.6 Å². The topological polar surface area (TPSA) is 132 Å². The van der Waals surface area contributed by atoms with E-state index in [-0.39, 0.29) is 43.6 Å². The smallest absolute Gasteiger partial charge is 0.407 e. The molecule has 1 N–H and O–H groups in total. The summed E-state index contributed by atoms with van der Waals surface area (Å²) in [4.78, 5) is 39.4. The Bertz CT molecular complexity index is 726. The molecule has 1 aromatic rings. The molecule has 0 fully saturated rings. The van der Waals surface area contributed by atoms with Gasteiger partial charge in [0.1, 0.15) is 18.0 Å². The highest BCUT2D eigenvalue weighted by atomic mass is 16.6. The Labute approximate surface area is 194 Å².